The molecule has 0 saturated carbocycles. The van der Waals surface area contributed by atoms with E-state index in [1.165, 1.54) is 24.0 Å². The fourth-order valence-corrected chi connectivity index (χ4v) is 2.35. The van der Waals surface area contributed by atoms with E-state index in [4.69, 9.17) is 5.11 Å². The van der Waals surface area contributed by atoms with Gasteiger partial charge >= 0.3 is 0 Å². The summed E-state index contributed by atoms with van der Waals surface area (Å²) in [5.74, 6) is 0. The number of nitrogens with one attached hydrogen (secondary N) is 1. The molecule has 14 heavy (non-hydrogen) atoms. The van der Waals surface area contributed by atoms with Crippen molar-refractivity contribution >= 4 is 10.0 Å². The summed E-state index contributed by atoms with van der Waals surface area (Å²) in [6.45, 7) is 1.34. The molecule has 1 rings (SSSR count). The molecular formula is C7H13N3O3S. The van der Waals surface area contributed by atoms with Crippen LogP contribution in [0.2, 0.25) is 0 Å². The van der Waals surface area contributed by atoms with Crippen molar-refractivity contribution in [2.24, 2.45) is 7.05 Å². The molecule has 0 aliphatic carbocycles. The van der Waals surface area contributed by atoms with Gasteiger partial charge in [0.15, 0.2) is 5.03 Å². The molecule has 0 aliphatic rings. The zero-order valence-electron chi connectivity index (χ0n) is 8.01. The molecule has 0 aliphatic heterocycles. The Labute approximate surface area is 82.6 Å². The molecule has 2 N–H and O–H groups in total. The Morgan fingerprint density at radius 3 is 2.79 bits per heavy atom. The van der Waals surface area contributed by atoms with Crippen molar-refractivity contribution < 1.29 is 13.5 Å². The molecule has 0 bridgehead atoms. The van der Waals surface area contributed by atoms with Crippen LogP contribution >= 0.6 is 0 Å². The van der Waals surface area contributed by atoms with E-state index < -0.39 is 16.1 Å². The van der Waals surface area contributed by atoms with Crippen LogP contribution < -0.4 is 4.72 Å². The summed E-state index contributed by atoms with van der Waals surface area (Å²) >= 11 is 0. The molecule has 0 amide bonds. The molecule has 0 saturated heterocycles. The zero-order chi connectivity index (χ0) is 10.8. The lowest BCUT2D eigenvalue weighted by atomic mass is 10.4. The molecule has 0 aromatic carbocycles. The van der Waals surface area contributed by atoms with Crippen molar-refractivity contribution in [3.05, 3.63) is 12.3 Å². The lowest BCUT2D eigenvalue weighted by molar-refractivity contribution is 0.265. The highest BCUT2D eigenvalue weighted by molar-refractivity contribution is 7.89. The van der Waals surface area contributed by atoms with Gasteiger partial charge in [-0.05, 0) is 13.0 Å². The predicted octanol–water partition coefficient (Wildman–Crippen LogP) is -0.921. The van der Waals surface area contributed by atoms with Gasteiger partial charge in [-0.3, -0.25) is 4.68 Å². The summed E-state index contributed by atoms with van der Waals surface area (Å²) in [5.41, 5.74) is 0. The monoisotopic (exact) mass is 219 g/mol. The third-order valence-corrected chi connectivity index (χ3v) is 3.35. The van der Waals surface area contributed by atoms with Crippen molar-refractivity contribution in [3.8, 4) is 0 Å². The number of aliphatic hydroxyl groups excluding tert-OH is 1. The number of aryl methyl sites for hydroxylation is 1. The number of aromatic nitrogens is 2. The molecular weight excluding hydrogens is 206 g/mol. The van der Waals surface area contributed by atoms with E-state index >= 15 is 0 Å². The lowest BCUT2D eigenvalue weighted by Gasteiger charge is -2.10. The van der Waals surface area contributed by atoms with Gasteiger partial charge in [-0.2, -0.15) is 5.10 Å². The van der Waals surface area contributed by atoms with E-state index in [0.29, 0.717) is 0 Å². The van der Waals surface area contributed by atoms with Crippen LogP contribution in [0.4, 0.5) is 0 Å². The van der Waals surface area contributed by atoms with Crippen LogP contribution in [0, 0.1) is 0 Å². The van der Waals surface area contributed by atoms with Crippen molar-refractivity contribution in [2.45, 2.75) is 18.0 Å². The third-order valence-electron chi connectivity index (χ3n) is 1.68. The average molecular weight is 219 g/mol. The molecule has 7 heteroatoms. The van der Waals surface area contributed by atoms with Crippen LogP contribution in [0.15, 0.2) is 17.3 Å². The van der Waals surface area contributed by atoms with Gasteiger partial charge in [-0.1, -0.05) is 0 Å². The molecule has 80 valence electrons. The summed E-state index contributed by atoms with van der Waals surface area (Å²) in [4.78, 5) is 0. The van der Waals surface area contributed by atoms with Gasteiger partial charge in [0.25, 0.3) is 10.0 Å². The van der Waals surface area contributed by atoms with Gasteiger partial charge in [-0.25, -0.2) is 13.1 Å². The topological polar surface area (TPSA) is 84.2 Å². The minimum absolute atomic E-state index is 0.0813. The Morgan fingerprint density at radius 1 is 1.71 bits per heavy atom. The van der Waals surface area contributed by atoms with Crippen molar-refractivity contribution in [1.82, 2.24) is 14.5 Å². The summed E-state index contributed by atoms with van der Waals surface area (Å²) < 4.78 is 26.8. The van der Waals surface area contributed by atoms with Crippen molar-refractivity contribution in [3.63, 3.8) is 0 Å². The van der Waals surface area contributed by atoms with Crippen LogP contribution in [0.1, 0.15) is 6.92 Å². The number of nitrogens with zero attached hydrogens (tertiary/aromatic N) is 2. The first-order chi connectivity index (χ1) is 6.47. The SMILES string of the molecule is C[C@@H](CO)NS(=O)(=O)c1ccnn1C. The van der Waals surface area contributed by atoms with Gasteiger partial charge in [0.2, 0.25) is 0 Å². The van der Waals surface area contributed by atoms with Crippen LogP contribution in [0.25, 0.3) is 0 Å². The van der Waals surface area contributed by atoms with Crippen LogP contribution in [-0.2, 0) is 17.1 Å². The summed E-state index contributed by atoms with van der Waals surface area (Å²) in [5, 5.41) is 12.5. The van der Waals surface area contributed by atoms with Gasteiger partial charge in [0, 0.05) is 13.1 Å². The van der Waals surface area contributed by atoms with Gasteiger partial charge < -0.3 is 5.11 Å². The van der Waals surface area contributed by atoms with Crippen molar-refractivity contribution in [1.29, 1.82) is 0 Å². The highest BCUT2D eigenvalue weighted by atomic mass is 32.2. The molecule has 1 aromatic rings. The van der Waals surface area contributed by atoms with E-state index in [1.807, 2.05) is 0 Å². The van der Waals surface area contributed by atoms with E-state index in [1.54, 1.807) is 6.92 Å². The van der Waals surface area contributed by atoms with Gasteiger partial charge in [-0.15, -0.1) is 0 Å². The largest absolute Gasteiger partial charge is 0.395 e. The first-order valence-corrected chi connectivity index (χ1v) is 5.57. The molecule has 0 unspecified atom stereocenters. The molecule has 1 atom stereocenters. The Kier molecular flexibility index (Phi) is 3.25. The van der Waals surface area contributed by atoms with Gasteiger partial charge in [0.05, 0.1) is 12.8 Å². The fraction of sp³-hybridized carbons (Fsp3) is 0.571. The Hall–Kier alpha value is -0.920. The minimum atomic E-state index is -3.57. The van der Waals surface area contributed by atoms with Crippen LogP contribution in [-0.4, -0.2) is 36.0 Å². The van der Waals surface area contributed by atoms with Gasteiger partial charge in [0.1, 0.15) is 0 Å². The summed E-state index contributed by atoms with van der Waals surface area (Å²) in [7, 11) is -2.03. The quantitative estimate of drug-likeness (QED) is 0.686. The first kappa shape index (κ1) is 11.2. The second-order valence-electron chi connectivity index (χ2n) is 3.00. The normalized spacial score (nSPS) is 14.2. The molecule has 1 heterocycles. The molecule has 1 aromatic heterocycles. The zero-order valence-corrected chi connectivity index (χ0v) is 8.82. The number of hydrogen-bond acceptors (Lipinski definition) is 4. The standard InChI is InChI=1S/C7H13N3O3S/c1-6(5-11)9-14(12,13)7-3-4-8-10(7)2/h3-4,6,9,11H,5H2,1-2H3/t6-/m0/s1. The molecule has 0 radical (unpaired) electrons. The average Bonchev–Trinajstić information content (AvgIpc) is 2.51. The number of aliphatic hydroxyl groups is 1. The summed E-state index contributed by atoms with van der Waals surface area (Å²) in [6.07, 6.45) is 1.40. The minimum Gasteiger partial charge on any atom is -0.395 e. The van der Waals surface area contributed by atoms with Crippen molar-refractivity contribution in [2.75, 3.05) is 6.61 Å². The smallest absolute Gasteiger partial charge is 0.258 e. The maximum Gasteiger partial charge on any atom is 0.258 e. The second-order valence-corrected chi connectivity index (χ2v) is 4.66. The lowest BCUT2D eigenvalue weighted by Crippen LogP contribution is -2.35. The summed E-state index contributed by atoms with van der Waals surface area (Å²) in [6, 6.07) is 0.891. The fourth-order valence-electron chi connectivity index (χ4n) is 0.988. The first-order valence-electron chi connectivity index (χ1n) is 4.08. The highest BCUT2D eigenvalue weighted by Crippen LogP contribution is 2.06. The van der Waals surface area contributed by atoms with Crippen LogP contribution in [0.3, 0.4) is 0 Å². The Morgan fingerprint density at radius 2 is 2.36 bits per heavy atom. The van der Waals surface area contributed by atoms with E-state index in [0.717, 1.165) is 0 Å². The Bertz CT molecular complexity index is 398. The second kappa shape index (κ2) is 4.07. The number of rotatable bonds is 4. The van der Waals surface area contributed by atoms with E-state index in [2.05, 4.69) is 9.82 Å². The van der Waals surface area contributed by atoms with Crippen LogP contribution in [0.5, 0.6) is 0 Å². The maximum absolute atomic E-state index is 11.6. The Balaban J connectivity index is 2.92. The van der Waals surface area contributed by atoms with E-state index in [-0.39, 0.29) is 11.6 Å². The molecule has 0 fully saturated rings. The maximum atomic E-state index is 11.6. The van der Waals surface area contributed by atoms with E-state index in [9.17, 15) is 8.42 Å². The molecule has 6 nitrogen and oxygen atoms in total. The highest BCUT2D eigenvalue weighted by Gasteiger charge is 2.19. The predicted molar refractivity (Wildman–Crippen MR) is 50.1 cm³/mol. The third kappa shape index (κ3) is 2.31. The number of hydrogen-bond donors (Lipinski definition) is 2. The number of sulfonamides is 1. The molecule has 0 spiro atoms.